The number of carbonyl (C=O) groups excluding carboxylic acids is 2. The molecule has 0 bridgehead atoms. The number of anilines is 2. The standard InChI is InChI=1S/C17H22N6O2/c1-12(23-11-19-10-20-23)16(24)21-14-4-6-15(7-5-14)22-17(25)13-3-2-8-18-9-13/h4-7,10-13,18H,2-3,8-9H2,1H3,(H,21,24)(H,22,25). The molecule has 0 aliphatic carbocycles. The summed E-state index contributed by atoms with van der Waals surface area (Å²) in [5.41, 5.74) is 1.38. The molecule has 2 aromatic rings. The molecule has 1 aliphatic rings. The second kappa shape index (κ2) is 7.89. The summed E-state index contributed by atoms with van der Waals surface area (Å²) in [6.07, 6.45) is 4.83. The van der Waals surface area contributed by atoms with E-state index < -0.39 is 6.04 Å². The van der Waals surface area contributed by atoms with Gasteiger partial charge in [-0.15, -0.1) is 0 Å². The molecule has 1 saturated heterocycles. The van der Waals surface area contributed by atoms with Gasteiger partial charge in [0.25, 0.3) is 0 Å². The Morgan fingerprint density at radius 3 is 2.56 bits per heavy atom. The third-order valence-corrected chi connectivity index (χ3v) is 4.30. The fourth-order valence-corrected chi connectivity index (χ4v) is 2.74. The van der Waals surface area contributed by atoms with Gasteiger partial charge >= 0.3 is 0 Å². The van der Waals surface area contributed by atoms with Gasteiger partial charge in [-0.25, -0.2) is 9.67 Å². The summed E-state index contributed by atoms with van der Waals surface area (Å²) < 4.78 is 1.49. The molecule has 132 valence electrons. The zero-order valence-corrected chi connectivity index (χ0v) is 14.1. The molecule has 1 aromatic heterocycles. The van der Waals surface area contributed by atoms with Crippen LogP contribution in [0, 0.1) is 5.92 Å². The van der Waals surface area contributed by atoms with Gasteiger partial charge in [0, 0.05) is 17.9 Å². The molecule has 2 atom stereocenters. The van der Waals surface area contributed by atoms with Crippen LogP contribution in [0.3, 0.4) is 0 Å². The number of hydrogen-bond acceptors (Lipinski definition) is 5. The van der Waals surface area contributed by atoms with Crippen molar-refractivity contribution in [2.75, 3.05) is 23.7 Å². The maximum absolute atomic E-state index is 12.2. The SMILES string of the molecule is CC(C(=O)Nc1ccc(NC(=O)C2CCCNC2)cc1)n1cncn1. The number of nitrogens with zero attached hydrogens (tertiary/aromatic N) is 3. The Bertz CT molecular complexity index is 707. The predicted octanol–water partition coefficient (Wildman–Crippen LogP) is 1.42. The first-order valence-corrected chi connectivity index (χ1v) is 8.40. The lowest BCUT2D eigenvalue weighted by atomic mass is 9.99. The zero-order valence-electron chi connectivity index (χ0n) is 14.1. The van der Waals surface area contributed by atoms with Gasteiger partial charge in [0.2, 0.25) is 11.8 Å². The second-order valence-electron chi connectivity index (χ2n) is 6.15. The maximum atomic E-state index is 12.2. The van der Waals surface area contributed by atoms with E-state index >= 15 is 0 Å². The first-order chi connectivity index (χ1) is 12.1. The molecule has 0 saturated carbocycles. The molecule has 3 rings (SSSR count). The molecule has 1 aromatic carbocycles. The fourth-order valence-electron chi connectivity index (χ4n) is 2.74. The van der Waals surface area contributed by atoms with Gasteiger partial charge in [0.15, 0.2) is 0 Å². The van der Waals surface area contributed by atoms with E-state index in [1.165, 1.54) is 17.3 Å². The first kappa shape index (κ1) is 17.1. The Labute approximate surface area is 146 Å². The van der Waals surface area contributed by atoms with E-state index in [2.05, 4.69) is 26.0 Å². The van der Waals surface area contributed by atoms with Gasteiger partial charge in [0.05, 0.1) is 5.92 Å². The largest absolute Gasteiger partial charge is 0.326 e. The van der Waals surface area contributed by atoms with Gasteiger partial charge in [0.1, 0.15) is 18.7 Å². The van der Waals surface area contributed by atoms with Crippen molar-refractivity contribution in [2.45, 2.75) is 25.8 Å². The number of nitrogens with one attached hydrogen (secondary N) is 3. The van der Waals surface area contributed by atoms with Gasteiger partial charge < -0.3 is 16.0 Å². The molecule has 8 heteroatoms. The summed E-state index contributed by atoms with van der Waals surface area (Å²) in [5.74, 6) is -0.143. The molecule has 0 radical (unpaired) electrons. The van der Waals surface area contributed by atoms with E-state index in [1.807, 2.05) is 0 Å². The van der Waals surface area contributed by atoms with Gasteiger partial charge in [-0.1, -0.05) is 0 Å². The van der Waals surface area contributed by atoms with E-state index in [4.69, 9.17) is 0 Å². The summed E-state index contributed by atoms with van der Waals surface area (Å²) in [7, 11) is 0. The zero-order chi connectivity index (χ0) is 17.6. The lowest BCUT2D eigenvalue weighted by Crippen LogP contribution is -2.37. The first-order valence-electron chi connectivity index (χ1n) is 8.40. The Balaban J connectivity index is 1.55. The van der Waals surface area contributed by atoms with E-state index in [0.29, 0.717) is 5.69 Å². The van der Waals surface area contributed by atoms with Crippen molar-refractivity contribution < 1.29 is 9.59 Å². The van der Waals surface area contributed by atoms with E-state index in [0.717, 1.165) is 31.6 Å². The highest BCUT2D eigenvalue weighted by atomic mass is 16.2. The average molecular weight is 342 g/mol. The van der Waals surface area contributed by atoms with Crippen LogP contribution in [0.5, 0.6) is 0 Å². The average Bonchev–Trinajstić information content (AvgIpc) is 3.18. The Morgan fingerprint density at radius 1 is 1.24 bits per heavy atom. The van der Waals surface area contributed by atoms with Crippen molar-refractivity contribution in [3.05, 3.63) is 36.9 Å². The van der Waals surface area contributed by atoms with Gasteiger partial charge in [-0.2, -0.15) is 5.10 Å². The quantitative estimate of drug-likeness (QED) is 0.763. The van der Waals surface area contributed by atoms with Crippen molar-refractivity contribution in [1.29, 1.82) is 0 Å². The third-order valence-electron chi connectivity index (χ3n) is 4.30. The monoisotopic (exact) mass is 342 g/mol. The number of rotatable bonds is 5. The van der Waals surface area contributed by atoms with Crippen molar-refractivity contribution in [3.8, 4) is 0 Å². The third kappa shape index (κ3) is 4.42. The van der Waals surface area contributed by atoms with Crippen LogP contribution in [0.15, 0.2) is 36.9 Å². The molecule has 1 aliphatic heterocycles. The summed E-state index contributed by atoms with van der Waals surface area (Å²) in [6, 6.07) is 6.63. The Morgan fingerprint density at radius 2 is 1.96 bits per heavy atom. The number of piperidine rings is 1. The molecule has 2 amide bonds. The highest BCUT2D eigenvalue weighted by Crippen LogP contribution is 2.18. The number of amides is 2. The number of hydrogen-bond donors (Lipinski definition) is 3. The van der Waals surface area contributed by atoms with Gasteiger partial charge in [-0.3, -0.25) is 9.59 Å². The second-order valence-corrected chi connectivity index (χ2v) is 6.15. The molecular weight excluding hydrogens is 320 g/mol. The van der Waals surface area contributed by atoms with Crippen LogP contribution in [0.2, 0.25) is 0 Å². The van der Waals surface area contributed by atoms with Crippen molar-refractivity contribution in [3.63, 3.8) is 0 Å². The topological polar surface area (TPSA) is 101 Å². The smallest absolute Gasteiger partial charge is 0.249 e. The molecule has 0 spiro atoms. The van der Waals surface area contributed by atoms with Crippen LogP contribution in [0.4, 0.5) is 11.4 Å². The maximum Gasteiger partial charge on any atom is 0.249 e. The lowest BCUT2D eigenvalue weighted by molar-refractivity contribution is -0.120. The Kier molecular flexibility index (Phi) is 5.39. The highest BCUT2D eigenvalue weighted by Gasteiger charge is 2.21. The summed E-state index contributed by atoms with van der Waals surface area (Å²) in [4.78, 5) is 28.3. The van der Waals surface area contributed by atoms with Gasteiger partial charge in [-0.05, 0) is 50.6 Å². The normalized spacial score (nSPS) is 18.4. The van der Waals surface area contributed by atoms with Crippen molar-refractivity contribution in [1.82, 2.24) is 20.1 Å². The number of aromatic nitrogens is 3. The summed E-state index contributed by atoms with van der Waals surface area (Å²) >= 11 is 0. The molecule has 3 N–H and O–H groups in total. The van der Waals surface area contributed by atoms with Crippen LogP contribution in [-0.4, -0.2) is 39.7 Å². The Hall–Kier alpha value is -2.74. The van der Waals surface area contributed by atoms with Crippen molar-refractivity contribution >= 4 is 23.2 Å². The molecule has 2 unspecified atom stereocenters. The van der Waals surface area contributed by atoms with Crippen LogP contribution >= 0.6 is 0 Å². The van der Waals surface area contributed by atoms with Crippen LogP contribution in [-0.2, 0) is 9.59 Å². The minimum absolute atomic E-state index is 0.0108. The van der Waals surface area contributed by atoms with E-state index in [9.17, 15) is 9.59 Å². The van der Waals surface area contributed by atoms with Crippen molar-refractivity contribution in [2.24, 2.45) is 5.92 Å². The predicted molar refractivity (Wildman–Crippen MR) is 94.0 cm³/mol. The lowest BCUT2D eigenvalue weighted by Gasteiger charge is -2.22. The molecular formula is C17H22N6O2. The summed E-state index contributed by atoms with van der Waals surface area (Å²) in [6.45, 7) is 3.45. The van der Waals surface area contributed by atoms with Crippen LogP contribution < -0.4 is 16.0 Å². The number of carbonyl (C=O) groups is 2. The molecule has 1 fully saturated rings. The van der Waals surface area contributed by atoms with Crippen LogP contribution in [0.1, 0.15) is 25.8 Å². The number of benzene rings is 1. The molecule has 8 nitrogen and oxygen atoms in total. The highest BCUT2D eigenvalue weighted by molar-refractivity contribution is 5.95. The minimum Gasteiger partial charge on any atom is -0.326 e. The summed E-state index contributed by atoms with van der Waals surface area (Å²) in [5, 5.41) is 12.9. The van der Waals surface area contributed by atoms with E-state index in [1.54, 1.807) is 31.2 Å². The minimum atomic E-state index is -0.458. The van der Waals surface area contributed by atoms with Crippen LogP contribution in [0.25, 0.3) is 0 Å². The molecule has 25 heavy (non-hydrogen) atoms. The van der Waals surface area contributed by atoms with E-state index in [-0.39, 0.29) is 17.7 Å². The fraction of sp³-hybridized carbons (Fsp3) is 0.412. The molecule has 2 heterocycles.